The van der Waals surface area contributed by atoms with E-state index in [9.17, 15) is 13.2 Å². The molecule has 0 saturated heterocycles. The predicted octanol–water partition coefficient (Wildman–Crippen LogP) is 0.644. The summed E-state index contributed by atoms with van der Waals surface area (Å²) in [4.78, 5) is 13.3. The highest BCUT2D eigenvalue weighted by atomic mass is 32.2. The predicted molar refractivity (Wildman–Crippen MR) is 88.4 cm³/mol. The van der Waals surface area contributed by atoms with Crippen molar-refractivity contribution in [3.05, 3.63) is 23.8 Å². The van der Waals surface area contributed by atoms with Crippen molar-refractivity contribution in [3.8, 4) is 11.5 Å². The summed E-state index contributed by atoms with van der Waals surface area (Å²) in [6, 6.07) is 5.60. The van der Waals surface area contributed by atoms with Crippen LogP contribution in [0.4, 0.5) is 0 Å². The first-order chi connectivity index (χ1) is 10.8. The first-order valence-corrected chi connectivity index (χ1v) is 9.07. The van der Waals surface area contributed by atoms with Crippen LogP contribution in [0.1, 0.15) is 12.5 Å². The monoisotopic (exact) mass is 344 g/mol. The fourth-order valence-corrected chi connectivity index (χ4v) is 2.55. The van der Waals surface area contributed by atoms with E-state index in [-0.39, 0.29) is 12.5 Å². The third-order valence-electron chi connectivity index (χ3n) is 3.31. The average molecular weight is 344 g/mol. The molecule has 0 spiro atoms. The van der Waals surface area contributed by atoms with E-state index in [1.54, 1.807) is 19.1 Å². The molecule has 0 bridgehead atoms. The third-order valence-corrected chi connectivity index (χ3v) is 4.04. The highest BCUT2D eigenvalue weighted by molar-refractivity contribution is 7.88. The standard InChI is InChI=1S/C15H24N2O5S/c1-12(18)17(10-8-16-23(4,19)20)9-7-13-5-6-14(21-2)15(11-13)22-3/h5-6,11,16H,7-10H2,1-4H3. The molecule has 0 aromatic heterocycles. The fourth-order valence-electron chi connectivity index (χ4n) is 2.09. The molecule has 0 saturated carbocycles. The van der Waals surface area contributed by atoms with Gasteiger partial charge in [0, 0.05) is 26.6 Å². The number of benzene rings is 1. The Morgan fingerprint density at radius 3 is 2.35 bits per heavy atom. The number of carbonyl (C=O) groups excluding carboxylic acids is 1. The van der Waals surface area contributed by atoms with E-state index in [2.05, 4.69) is 4.72 Å². The van der Waals surface area contributed by atoms with Crippen LogP contribution in [0.5, 0.6) is 11.5 Å². The molecule has 1 rings (SSSR count). The van der Waals surface area contributed by atoms with E-state index in [4.69, 9.17) is 9.47 Å². The van der Waals surface area contributed by atoms with Crippen molar-refractivity contribution in [1.82, 2.24) is 9.62 Å². The van der Waals surface area contributed by atoms with Gasteiger partial charge < -0.3 is 14.4 Å². The van der Waals surface area contributed by atoms with Crippen LogP contribution in [0, 0.1) is 0 Å². The molecule has 23 heavy (non-hydrogen) atoms. The maximum atomic E-state index is 11.6. The number of hydrogen-bond donors (Lipinski definition) is 1. The molecule has 0 aliphatic rings. The molecule has 0 radical (unpaired) electrons. The van der Waals surface area contributed by atoms with Crippen LogP contribution in [-0.4, -0.2) is 59.3 Å². The zero-order valence-electron chi connectivity index (χ0n) is 14.0. The smallest absolute Gasteiger partial charge is 0.219 e. The lowest BCUT2D eigenvalue weighted by Gasteiger charge is -2.21. The van der Waals surface area contributed by atoms with Gasteiger partial charge in [-0.1, -0.05) is 6.07 Å². The van der Waals surface area contributed by atoms with Gasteiger partial charge in [-0.15, -0.1) is 0 Å². The number of methoxy groups -OCH3 is 2. The molecule has 0 aliphatic heterocycles. The summed E-state index contributed by atoms with van der Waals surface area (Å²) in [5.41, 5.74) is 1.00. The molecule has 1 aromatic carbocycles. The number of sulfonamides is 1. The molecule has 0 atom stereocenters. The van der Waals surface area contributed by atoms with Crippen LogP contribution in [0.15, 0.2) is 18.2 Å². The summed E-state index contributed by atoms with van der Waals surface area (Å²) < 4.78 is 34.9. The van der Waals surface area contributed by atoms with Crippen molar-refractivity contribution in [1.29, 1.82) is 0 Å². The minimum Gasteiger partial charge on any atom is -0.493 e. The van der Waals surface area contributed by atoms with Crippen molar-refractivity contribution in [2.24, 2.45) is 0 Å². The lowest BCUT2D eigenvalue weighted by atomic mass is 10.1. The van der Waals surface area contributed by atoms with E-state index >= 15 is 0 Å². The minimum atomic E-state index is -3.25. The van der Waals surface area contributed by atoms with Crippen molar-refractivity contribution >= 4 is 15.9 Å². The van der Waals surface area contributed by atoms with Crippen molar-refractivity contribution < 1.29 is 22.7 Å². The fraction of sp³-hybridized carbons (Fsp3) is 0.533. The lowest BCUT2D eigenvalue weighted by molar-refractivity contribution is -0.128. The second-order valence-electron chi connectivity index (χ2n) is 5.11. The van der Waals surface area contributed by atoms with E-state index in [0.29, 0.717) is 31.0 Å². The Bertz CT molecular complexity index is 631. The maximum Gasteiger partial charge on any atom is 0.219 e. The first-order valence-electron chi connectivity index (χ1n) is 7.18. The maximum absolute atomic E-state index is 11.6. The summed E-state index contributed by atoms with van der Waals surface area (Å²) in [6.45, 7) is 2.49. The number of nitrogens with one attached hydrogen (secondary N) is 1. The van der Waals surface area contributed by atoms with Crippen LogP contribution in [0.25, 0.3) is 0 Å². The highest BCUT2D eigenvalue weighted by Gasteiger charge is 2.11. The Balaban J connectivity index is 2.63. The lowest BCUT2D eigenvalue weighted by Crippen LogP contribution is -2.38. The quantitative estimate of drug-likeness (QED) is 0.711. The van der Waals surface area contributed by atoms with Crippen LogP contribution < -0.4 is 14.2 Å². The summed E-state index contributed by atoms with van der Waals surface area (Å²) >= 11 is 0. The van der Waals surface area contributed by atoms with E-state index in [1.165, 1.54) is 6.92 Å². The third kappa shape index (κ3) is 6.87. The average Bonchev–Trinajstić information content (AvgIpc) is 2.48. The largest absolute Gasteiger partial charge is 0.493 e. The van der Waals surface area contributed by atoms with Gasteiger partial charge in [0.1, 0.15) is 0 Å². The molecule has 1 N–H and O–H groups in total. The molecular weight excluding hydrogens is 320 g/mol. The molecule has 0 unspecified atom stereocenters. The molecule has 7 nitrogen and oxygen atoms in total. The van der Waals surface area contributed by atoms with Gasteiger partial charge in [-0.25, -0.2) is 13.1 Å². The number of rotatable bonds is 9. The van der Waals surface area contributed by atoms with Crippen LogP contribution in [0.3, 0.4) is 0 Å². The molecule has 1 aromatic rings. The zero-order valence-corrected chi connectivity index (χ0v) is 14.8. The number of amides is 1. The second kappa shape index (κ2) is 8.73. The van der Waals surface area contributed by atoms with Gasteiger partial charge in [0.2, 0.25) is 15.9 Å². The minimum absolute atomic E-state index is 0.0965. The number of ether oxygens (including phenoxy) is 2. The van der Waals surface area contributed by atoms with Crippen molar-refractivity contribution in [2.45, 2.75) is 13.3 Å². The highest BCUT2D eigenvalue weighted by Crippen LogP contribution is 2.27. The van der Waals surface area contributed by atoms with Crippen molar-refractivity contribution in [2.75, 3.05) is 40.1 Å². The second-order valence-corrected chi connectivity index (χ2v) is 6.94. The molecule has 8 heteroatoms. The van der Waals surface area contributed by atoms with Gasteiger partial charge in [-0.2, -0.15) is 0 Å². The SMILES string of the molecule is COc1ccc(CCN(CCNS(C)(=O)=O)C(C)=O)cc1OC. The van der Waals surface area contributed by atoms with Gasteiger partial charge in [0.05, 0.1) is 20.5 Å². The van der Waals surface area contributed by atoms with E-state index in [0.717, 1.165) is 11.8 Å². The Morgan fingerprint density at radius 2 is 1.83 bits per heavy atom. The molecule has 1 amide bonds. The van der Waals surface area contributed by atoms with Gasteiger partial charge in [-0.3, -0.25) is 4.79 Å². The Morgan fingerprint density at radius 1 is 1.17 bits per heavy atom. The number of hydrogen-bond acceptors (Lipinski definition) is 5. The summed E-state index contributed by atoms with van der Waals surface area (Å²) in [6.07, 6.45) is 1.73. The summed E-state index contributed by atoms with van der Waals surface area (Å²) in [5.74, 6) is 1.19. The van der Waals surface area contributed by atoms with Crippen LogP contribution in [0.2, 0.25) is 0 Å². The summed E-state index contributed by atoms with van der Waals surface area (Å²) in [7, 11) is -0.105. The number of nitrogens with zero attached hydrogens (tertiary/aromatic N) is 1. The molecule has 0 heterocycles. The molecule has 130 valence electrons. The van der Waals surface area contributed by atoms with Gasteiger partial charge in [0.15, 0.2) is 11.5 Å². The van der Waals surface area contributed by atoms with Gasteiger partial charge in [-0.05, 0) is 24.1 Å². The first kappa shape index (κ1) is 19.2. The van der Waals surface area contributed by atoms with Crippen LogP contribution >= 0.6 is 0 Å². The van der Waals surface area contributed by atoms with Crippen molar-refractivity contribution in [3.63, 3.8) is 0 Å². The van der Waals surface area contributed by atoms with E-state index < -0.39 is 10.0 Å². The van der Waals surface area contributed by atoms with E-state index in [1.807, 2.05) is 18.2 Å². The number of carbonyl (C=O) groups is 1. The molecule has 0 fully saturated rings. The zero-order chi connectivity index (χ0) is 17.5. The molecular formula is C15H24N2O5S. The van der Waals surface area contributed by atoms with Gasteiger partial charge in [0.25, 0.3) is 0 Å². The normalized spacial score (nSPS) is 11.1. The Labute approximate surface area is 137 Å². The summed E-state index contributed by atoms with van der Waals surface area (Å²) in [5, 5.41) is 0. The Hall–Kier alpha value is -1.80. The topological polar surface area (TPSA) is 84.9 Å². The Kier molecular flexibility index (Phi) is 7.31. The molecule has 0 aliphatic carbocycles. The van der Waals surface area contributed by atoms with Gasteiger partial charge >= 0.3 is 0 Å². The van der Waals surface area contributed by atoms with Crippen LogP contribution in [-0.2, 0) is 21.2 Å².